The summed E-state index contributed by atoms with van der Waals surface area (Å²) in [6.45, 7) is 4.18. The van der Waals surface area contributed by atoms with E-state index in [1.54, 1.807) is 7.11 Å². The largest absolute Gasteiger partial charge is 0.497 e. The van der Waals surface area contributed by atoms with Gasteiger partial charge in [0.25, 0.3) is 0 Å². The van der Waals surface area contributed by atoms with Crippen molar-refractivity contribution in [1.82, 2.24) is 10.3 Å². The number of hydrogen-bond donors (Lipinski definition) is 2. The molecule has 2 N–H and O–H groups in total. The number of rotatable bonds is 5. The Kier molecular flexibility index (Phi) is 5.46. The number of hydrogen-bond acceptors (Lipinski definition) is 6. The van der Waals surface area contributed by atoms with E-state index in [0.717, 1.165) is 66.9 Å². The van der Waals surface area contributed by atoms with Gasteiger partial charge in [0, 0.05) is 42.1 Å². The van der Waals surface area contributed by atoms with Gasteiger partial charge >= 0.3 is 0 Å². The van der Waals surface area contributed by atoms with Crippen LogP contribution in [0.5, 0.6) is 5.75 Å². The number of nitrogens with zero attached hydrogens (tertiary/aromatic N) is 2. The predicted molar refractivity (Wildman–Crippen MR) is 125 cm³/mol. The van der Waals surface area contributed by atoms with Gasteiger partial charge in [-0.2, -0.15) is 0 Å². The van der Waals surface area contributed by atoms with Gasteiger partial charge in [-0.25, -0.2) is 4.98 Å². The van der Waals surface area contributed by atoms with E-state index in [4.69, 9.17) is 14.5 Å². The second kappa shape index (κ2) is 8.70. The molecule has 6 heteroatoms. The lowest BCUT2D eigenvalue weighted by Crippen LogP contribution is -2.36. The maximum absolute atomic E-state index is 5.46. The molecule has 5 rings (SSSR count). The summed E-state index contributed by atoms with van der Waals surface area (Å²) in [5, 5.41) is 6.84. The van der Waals surface area contributed by atoms with Gasteiger partial charge in [0.1, 0.15) is 11.6 Å². The number of anilines is 3. The van der Waals surface area contributed by atoms with Crippen molar-refractivity contribution in [2.24, 2.45) is 0 Å². The molecule has 3 heterocycles. The zero-order valence-corrected chi connectivity index (χ0v) is 17.6. The number of fused-ring (bicyclic) bond motifs is 1. The monoisotopic (exact) mass is 414 g/mol. The van der Waals surface area contributed by atoms with Crippen LogP contribution in [0.4, 0.5) is 17.2 Å². The van der Waals surface area contributed by atoms with Gasteiger partial charge in [-0.1, -0.05) is 12.1 Å². The van der Waals surface area contributed by atoms with Crippen LogP contribution in [0.1, 0.15) is 11.1 Å². The quantitative estimate of drug-likeness (QED) is 0.645. The Balaban J connectivity index is 1.46. The summed E-state index contributed by atoms with van der Waals surface area (Å²) in [6, 6.07) is 18.7. The highest BCUT2D eigenvalue weighted by Gasteiger charge is 2.16. The second-order valence-electron chi connectivity index (χ2n) is 7.64. The van der Waals surface area contributed by atoms with E-state index >= 15 is 0 Å². The van der Waals surface area contributed by atoms with Crippen molar-refractivity contribution in [3.8, 4) is 17.0 Å². The molecular weight excluding hydrogens is 388 g/mol. The van der Waals surface area contributed by atoms with E-state index in [1.165, 1.54) is 11.3 Å². The van der Waals surface area contributed by atoms with Crippen LogP contribution in [0, 0.1) is 0 Å². The minimum absolute atomic E-state index is 0.741. The Morgan fingerprint density at radius 1 is 1.06 bits per heavy atom. The normalized spacial score (nSPS) is 15.2. The van der Waals surface area contributed by atoms with Crippen molar-refractivity contribution >= 4 is 23.3 Å². The van der Waals surface area contributed by atoms with Crippen molar-refractivity contribution in [3.05, 3.63) is 71.9 Å². The van der Waals surface area contributed by atoms with E-state index in [1.807, 2.05) is 24.4 Å². The zero-order valence-electron chi connectivity index (χ0n) is 17.6. The molecule has 0 aliphatic carbocycles. The third kappa shape index (κ3) is 4.20. The van der Waals surface area contributed by atoms with Crippen LogP contribution in [-0.2, 0) is 11.3 Å². The lowest BCUT2D eigenvalue weighted by molar-refractivity contribution is 0.122. The Bertz CT molecular complexity index is 1090. The van der Waals surface area contributed by atoms with E-state index in [0.29, 0.717) is 0 Å². The van der Waals surface area contributed by atoms with Gasteiger partial charge in [-0.05, 0) is 60.3 Å². The van der Waals surface area contributed by atoms with Gasteiger partial charge in [0.15, 0.2) is 0 Å². The highest BCUT2D eigenvalue weighted by Crippen LogP contribution is 2.31. The molecule has 158 valence electrons. The average Bonchev–Trinajstić information content (AvgIpc) is 2.85. The minimum Gasteiger partial charge on any atom is -0.497 e. The highest BCUT2D eigenvalue weighted by molar-refractivity contribution is 5.74. The van der Waals surface area contributed by atoms with Crippen molar-refractivity contribution in [2.45, 2.75) is 6.54 Å². The first-order chi connectivity index (χ1) is 15.3. The fourth-order valence-corrected chi connectivity index (χ4v) is 3.98. The summed E-state index contributed by atoms with van der Waals surface area (Å²) in [7, 11) is 1.68. The van der Waals surface area contributed by atoms with Crippen molar-refractivity contribution in [1.29, 1.82) is 0 Å². The SMILES string of the molecule is COc1cccc(-c2cc3c(c(Nc4ccc(N5CCOCC5)cc4)n2)CNC=C3)c1. The van der Waals surface area contributed by atoms with Crippen LogP contribution in [0.25, 0.3) is 17.3 Å². The summed E-state index contributed by atoms with van der Waals surface area (Å²) >= 11 is 0. The number of ether oxygens (including phenoxy) is 2. The molecule has 1 aromatic heterocycles. The molecule has 3 aromatic rings. The summed E-state index contributed by atoms with van der Waals surface area (Å²) in [6.07, 6.45) is 4.08. The number of aromatic nitrogens is 1. The van der Waals surface area contributed by atoms with E-state index in [-0.39, 0.29) is 0 Å². The van der Waals surface area contributed by atoms with Crippen LogP contribution in [0.15, 0.2) is 60.8 Å². The Morgan fingerprint density at radius 2 is 1.90 bits per heavy atom. The molecule has 0 atom stereocenters. The van der Waals surface area contributed by atoms with Crippen LogP contribution in [0.2, 0.25) is 0 Å². The van der Waals surface area contributed by atoms with Crippen molar-refractivity contribution in [2.75, 3.05) is 43.6 Å². The summed E-state index contributed by atoms with van der Waals surface area (Å²) < 4.78 is 10.9. The molecule has 0 amide bonds. The third-order valence-electron chi connectivity index (χ3n) is 5.69. The fraction of sp³-hybridized carbons (Fsp3) is 0.240. The van der Waals surface area contributed by atoms with Crippen LogP contribution < -0.4 is 20.3 Å². The first-order valence-electron chi connectivity index (χ1n) is 10.6. The standard InChI is InChI=1S/C25H26N4O2/c1-30-22-4-2-3-19(15-22)24-16-18-9-10-26-17-23(18)25(28-24)27-20-5-7-21(8-6-20)29-11-13-31-14-12-29/h2-10,15-16,26H,11-14,17H2,1H3,(H,27,28). The first-order valence-corrected chi connectivity index (χ1v) is 10.6. The van der Waals surface area contributed by atoms with E-state index in [2.05, 4.69) is 58.0 Å². The van der Waals surface area contributed by atoms with Crippen LogP contribution >= 0.6 is 0 Å². The predicted octanol–water partition coefficient (Wildman–Crippen LogP) is 4.41. The number of pyridine rings is 1. The van der Waals surface area contributed by atoms with Crippen LogP contribution in [0.3, 0.4) is 0 Å². The molecule has 0 radical (unpaired) electrons. The minimum atomic E-state index is 0.741. The molecule has 2 aromatic carbocycles. The number of benzene rings is 2. The van der Waals surface area contributed by atoms with E-state index in [9.17, 15) is 0 Å². The van der Waals surface area contributed by atoms with Gasteiger partial charge in [0.2, 0.25) is 0 Å². The Labute approximate surface area is 182 Å². The molecule has 1 fully saturated rings. The second-order valence-corrected chi connectivity index (χ2v) is 7.64. The van der Waals surface area contributed by atoms with E-state index < -0.39 is 0 Å². The lowest BCUT2D eigenvalue weighted by atomic mass is 10.0. The zero-order chi connectivity index (χ0) is 21.0. The number of nitrogens with one attached hydrogen (secondary N) is 2. The van der Waals surface area contributed by atoms with Gasteiger partial charge in [-0.15, -0.1) is 0 Å². The number of methoxy groups -OCH3 is 1. The van der Waals surface area contributed by atoms with Crippen molar-refractivity contribution < 1.29 is 9.47 Å². The highest BCUT2D eigenvalue weighted by atomic mass is 16.5. The molecule has 2 aliphatic rings. The number of morpholine rings is 1. The molecule has 0 spiro atoms. The fourth-order valence-electron chi connectivity index (χ4n) is 3.98. The maximum atomic E-state index is 5.46. The maximum Gasteiger partial charge on any atom is 0.136 e. The summed E-state index contributed by atoms with van der Waals surface area (Å²) in [5.41, 5.74) is 6.50. The summed E-state index contributed by atoms with van der Waals surface area (Å²) in [4.78, 5) is 7.32. The smallest absolute Gasteiger partial charge is 0.136 e. The molecule has 2 aliphatic heterocycles. The third-order valence-corrected chi connectivity index (χ3v) is 5.69. The molecule has 0 saturated carbocycles. The Morgan fingerprint density at radius 3 is 2.71 bits per heavy atom. The molecule has 1 saturated heterocycles. The average molecular weight is 415 g/mol. The molecule has 0 unspecified atom stereocenters. The van der Waals surface area contributed by atoms with Crippen molar-refractivity contribution in [3.63, 3.8) is 0 Å². The van der Waals surface area contributed by atoms with Gasteiger partial charge < -0.3 is 25.0 Å². The first kappa shape index (κ1) is 19.5. The molecule has 6 nitrogen and oxygen atoms in total. The topological polar surface area (TPSA) is 58.7 Å². The molecular formula is C25H26N4O2. The summed E-state index contributed by atoms with van der Waals surface area (Å²) in [5.74, 6) is 1.69. The molecule has 0 bridgehead atoms. The lowest BCUT2D eigenvalue weighted by Gasteiger charge is -2.29. The molecule has 31 heavy (non-hydrogen) atoms. The Hall–Kier alpha value is -3.51. The van der Waals surface area contributed by atoms with Gasteiger partial charge in [0.05, 0.1) is 26.0 Å². The van der Waals surface area contributed by atoms with Crippen LogP contribution in [-0.4, -0.2) is 38.4 Å². The van der Waals surface area contributed by atoms with Gasteiger partial charge in [-0.3, -0.25) is 0 Å².